The van der Waals surface area contributed by atoms with Crippen LogP contribution in [0.3, 0.4) is 0 Å². The van der Waals surface area contributed by atoms with Crippen LogP contribution in [0, 0.1) is 5.92 Å². The van der Waals surface area contributed by atoms with E-state index < -0.39 is 0 Å². The predicted octanol–water partition coefficient (Wildman–Crippen LogP) is 2.10. The molecule has 0 unspecified atom stereocenters. The Kier molecular flexibility index (Phi) is 7.57. The molecule has 0 aliphatic carbocycles. The first-order valence-electron chi connectivity index (χ1n) is 7.20. The number of hydrogen-bond donors (Lipinski definition) is 3. The van der Waals surface area contributed by atoms with Gasteiger partial charge in [-0.05, 0) is 12.3 Å². The summed E-state index contributed by atoms with van der Waals surface area (Å²) >= 11 is 0. The monoisotopic (exact) mass is 279 g/mol. The molecule has 112 valence electrons. The van der Waals surface area contributed by atoms with Crippen LogP contribution in [0.4, 0.5) is 5.82 Å². The molecule has 0 saturated heterocycles. The molecule has 1 aromatic heterocycles. The fourth-order valence-corrected chi connectivity index (χ4v) is 1.84. The van der Waals surface area contributed by atoms with Crippen molar-refractivity contribution in [2.24, 2.45) is 11.8 Å². The molecule has 0 bridgehead atoms. The highest BCUT2D eigenvalue weighted by molar-refractivity contribution is 5.91. The van der Waals surface area contributed by atoms with Crippen LogP contribution in [0.15, 0.2) is 12.4 Å². The average molecular weight is 279 g/mol. The van der Waals surface area contributed by atoms with Crippen LogP contribution >= 0.6 is 0 Å². The van der Waals surface area contributed by atoms with Crippen LogP contribution in [0.1, 0.15) is 56.4 Å². The molecule has 0 atom stereocenters. The van der Waals surface area contributed by atoms with Crippen molar-refractivity contribution in [3.63, 3.8) is 0 Å². The molecular weight excluding hydrogens is 254 g/mol. The lowest BCUT2D eigenvalue weighted by molar-refractivity contribution is 0.0947. The molecule has 0 aliphatic heterocycles. The summed E-state index contributed by atoms with van der Waals surface area (Å²) in [6.07, 6.45) is 8.77. The summed E-state index contributed by atoms with van der Waals surface area (Å²) in [4.78, 5) is 19.7. The number of nitrogens with zero attached hydrogens (tertiary/aromatic N) is 2. The van der Waals surface area contributed by atoms with Gasteiger partial charge in [-0.1, -0.05) is 39.5 Å². The smallest absolute Gasteiger partial charge is 0.271 e. The first-order chi connectivity index (χ1) is 9.63. The quantitative estimate of drug-likeness (QED) is 0.366. The Hall–Kier alpha value is -1.69. The van der Waals surface area contributed by atoms with Crippen LogP contribution in [0.5, 0.6) is 0 Å². The average Bonchev–Trinajstić information content (AvgIpc) is 2.45. The van der Waals surface area contributed by atoms with Gasteiger partial charge in [0.2, 0.25) is 0 Å². The largest absolute Gasteiger partial charge is 0.351 e. The first kappa shape index (κ1) is 16.4. The number of carbonyl (C=O) groups is 1. The summed E-state index contributed by atoms with van der Waals surface area (Å²) in [5, 5.41) is 2.84. The third-order valence-electron chi connectivity index (χ3n) is 3.03. The summed E-state index contributed by atoms with van der Waals surface area (Å²) in [5.74, 6) is 6.20. The van der Waals surface area contributed by atoms with Crippen LogP contribution in [-0.4, -0.2) is 22.4 Å². The van der Waals surface area contributed by atoms with Gasteiger partial charge in [0.05, 0.1) is 12.4 Å². The molecule has 1 aromatic rings. The van der Waals surface area contributed by atoms with Crippen LogP contribution in [0.2, 0.25) is 0 Å². The Bertz CT molecular complexity index is 391. The summed E-state index contributed by atoms with van der Waals surface area (Å²) < 4.78 is 0. The second-order valence-corrected chi connectivity index (χ2v) is 5.28. The van der Waals surface area contributed by atoms with E-state index in [2.05, 4.69) is 34.6 Å². The maximum absolute atomic E-state index is 11.8. The normalized spacial score (nSPS) is 10.6. The number of rotatable bonds is 9. The lowest BCUT2D eigenvalue weighted by atomic mass is 10.0. The Morgan fingerprint density at radius 2 is 1.95 bits per heavy atom. The maximum atomic E-state index is 11.8. The molecule has 0 radical (unpaired) electrons. The van der Waals surface area contributed by atoms with E-state index in [1.165, 1.54) is 31.7 Å². The topological polar surface area (TPSA) is 92.9 Å². The number of hydrogen-bond acceptors (Lipinski definition) is 5. The zero-order valence-corrected chi connectivity index (χ0v) is 12.4. The second-order valence-electron chi connectivity index (χ2n) is 5.28. The van der Waals surface area contributed by atoms with Gasteiger partial charge in [-0.2, -0.15) is 0 Å². The molecule has 0 aromatic carbocycles. The van der Waals surface area contributed by atoms with Crippen LogP contribution < -0.4 is 16.6 Å². The van der Waals surface area contributed by atoms with Gasteiger partial charge in [0.15, 0.2) is 5.82 Å². The van der Waals surface area contributed by atoms with Crippen molar-refractivity contribution in [2.75, 3.05) is 12.0 Å². The van der Waals surface area contributed by atoms with Crippen molar-refractivity contribution in [1.82, 2.24) is 15.3 Å². The second kappa shape index (κ2) is 9.25. The number of hydrazine groups is 1. The Balaban J connectivity index is 2.13. The SMILES string of the molecule is CC(C)CCCCCCNC(=O)c1cnc(NN)cn1. The molecule has 1 rings (SSSR count). The van der Waals surface area contributed by atoms with Crippen LogP contribution in [-0.2, 0) is 0 Å². The number of nitrogen functional groups attached to an aromatic ring is 1. The number of nitrogens with two attached hydrogens (primary N) is 1. The van der Waals surface area contributed by atoms with E-state index in [9.17, 15) is 4.79 Å². The van der Waals surface area contributed by atoms with E-state index in [1.54, 1.807) is 0 Å². The van der Waals surface area contributed by atoms with Crippen molar-refractivity contribution in [2.45, 2.75) is 46.0 Å². The number of carbonyl (C=O) groups excluding carboxylic acids is 1. The van der Waals surface area contributed by atoms with E-state index >= 15 is 0 Å². The molecule has 20 heavy (non-hydrogen) atoms. The van der Waals surface area contributed by atoms with Gasteiger partial charge in [-0.15, -0.1) is 0 Å². The number of unbranched alkanes of at least 4 members (excludes halogenated alkanes) is 3. The zero-order chi connectivity index (χ0) is 14.8. The summed E-state index contributed by atoms with van der Waals surface area (Å²) in [6.45, 7) is 5.17. The van der Waals surface area contributed by atoms with E-state index in [0.717, 1.165) is 18.8 Å². The van der Waals surface area contributed by atoms with E-state index in [1.807, 2.05) is 0 Å². The summed E-state index contributed by atoms with van der Waals surface area (Å²) in [6, 6.07) is 0. The number of nitrogens with one attached hydrogen (secondary N) is 2. The van der Waals surface area contributed by atoms with Crippen molar-refractivity contribution in [1.29, 1.82) is 0 Å². The summed E-state index contributed by atoms with van der Waals surface area (Å²) in [7, 11) is 0. The Morgan fingerprint density at radius 3 is 2.55 bits per heavy atom. The molecule has 0 aliphatic rings. The first-order valence-corrected chi connectivity index (χ1v) is 7.20. The number of anilines is 1. The van der Waals surface area contributed by atoms with Crippen molar-refractivity contribution < 1.29 is 4.79 Å². The molecule has 6 heteroatoms. The highest BCUT2D eigenvalue weighted by Crippen LogP contribution is 2.09. The minimum Gasteiger partial charge on any atom is -0.351 e. The van der Waals surface area contributed by atoms with E-state index in [4.69, 9.17) is 5.84 Å². The van der Waals surface area contributed by atoms with Crippen LogP contribution in [0.25, 0.3) is 0 Å². The minimum atomic E-state index is -0.191. The number of aromatic nitrogens is 2. The van der Waals surface area contributed by atoms with Crippen molar-refractivity contribution >= 4 is 11.7 Å². The molecule has 1 amide bonds. The highest BCUT2D eigenvalue weighted by Gasteiger charge is 2.06. The molecule has 0 saturated carbocycles. The van der Waals surface area contributed by atoms with Crippen molar-refractivity contribution in [3.05, 3.63) is 18.1 Å². The lowest BCUT2D eigenvalue weighted by Crippen LogP contribution is -2.25. The molecule has 0 spiro atoms. The molecular formula is C14H25N5O. The highest BCUT2D eigenvalue weighted by atomic mass is 16.1. The standard InChI is InChI=1S/C14H25N5O/c1-11(2)7-5-3-4-6-8-16-14(20)12-9-18-13(19-15)10-17-12/h9-11H,3-8,15H2,1-2H3,(H,16,20)(H,18,19). The maximum Gasteiger partial charge on any atom is 0.271 e. The fraction of sp³-hybridized carbons (Fsp3) is 0.643. The van der Waals surface area contributed by atoms with Gasteiger partial charge in [0, 0.05) is 6.54 Å². The summed E-state index contributed by atoms with van der Waals surface area (Å²) in [5.41, 5.74) is 2.68. The Morgan fingerprint density at radius 1 is 1.20 bits per heavy atom. The molecule has 6 nitrogen and oxygen atoms in total. The van der Waals surface area contributed by atoms with Gasteiger partial charge in [0.25, 0.3) is 5.91 Å². The molecule has 0 fully saturated rings. The minimum absolute atomic E-state index is 0.191. The van der Waals surface area contributed by atoms with Gasteiger partial charge in [0.1, 0.15) is 5.69 Å². The fourth-order valence-electron chi connectivity index (χ4n) is 1.84. The molecule has 1 heterocycles. The van der Waals surface area contributed by atoms with Gasteiger partial charge < -0.3 is 10.7 Å². The van der Waals surface area contributed by atoms with Gasteiger partial charge >= 0.3 is 0 Å². The number of amides is 1. The van der Waals surface area contributed by atoms with Gasteiger partial charge in [-0.3, -0.25) is 4.79 Å². The zero-order valence-electron chi connectivity index (χ0n) is 12.4. The third-order valence-corrected chi connectivity index (χ3v) is 3.03. The predicted molar refractivity (Wildman–Crippen MR) is 80.1 cm³/mol. The lowest BCUT2D eigenvalue weighted by Gasteiger charge is -2.06. The third kappa shape index (κ3) is 6.47. The molecule has 4 N–H and O–H groups in total. The van der Waals surface area contributed by atoms with E-state index in [-0.39, 0.29) is 5.91 Å². The van der Waals surface area contributed by atoms with Crippen molar-refractivity contribution in [3.8, 4) is 0 Å². The van der Waals surface area contributed by atoms with Gasteiger partial charge in [-0.25, -0.2) is 15.8 Å². The van der Waals surface area contributed by atoms with E-state index in [0.29, 0.717) is 18.1 Å². The Labute approximate surface area is 120 Å².